The van der Waals surface area contributed by atoms with E-state index in [1.807, 2.05) is 18.7 Å². The molecular formula is C9H19NO2. The Labute approximate surface area is 74.4 Å². The molecule has 0 aliphatic carbocycles. The third-order valence-corrected chi connectivity index (χ3v) is 1.81. The Morgan fingerprint density at radius 1 is 1.25 bits per heavy atom. The van der Waals surface area contributed by atoms with Crippen molar-refractivity contribution in [3.05, 3.63) is 0 Å². The van der Waals surface area contributed by atoms with Crippen molar-refractivity contribution < 1.29 is 9.90 Å². The van der Waals surface area contributed by atoms with Gasteiger partial charge in [-0.05, 0) is 25.9 Å². The van der Waals surface area contributed by atoms with Gasteiger partial charge >= 0.3 is 5.97 Å². The van der Waals surface area contributed by atoms with Gasteiger partial charge in [0.15, 0.2) is 0 Å². The number of aliphatic carboxylic acids is 1. The molecule has 72 valence electrons. The molecule has 0 unspecified atom stereocenters. The van der Waals surface area contributed by atoms with E-state index in [-0.39, 0.29) is 6.54 Å². The first-order chi connectivity index (χ1) is 5.79. The second-order valence-corrected chi connectivity index (χ2v) is 2.73. The van der Waals surface area contributed by atoms with Crippen molar-refractivity contribution >= 4 is 5.97 Å². The highest BCUT2D eigenvalue weighted by molar-refractivity contribution is 5.69. The fourth-order valence-electron chi connectivity index (χ4n) is 1.31. The van der Waals surface area contributed by atoms with Crippen LogP contribution in [0.25, 0.3) is 0 Å². The second-order valence-electron chi connectivity index (χ2n) is 2.73. The summed E-state index contributed by atoms with van der Waals surface area (Å²) in [5.41, 5.74) is 0. The monoisotopic (exact) mass is 173 g/mol. The summed E-state index contributed by atoms with van der Waals surface area (Å²) in [4.78, 5) is 12.2. The molecule has 0 radical (unpaired) electrons. The van der Waals surface area contributed by atoms with Crippen LogP contribution in [-0.4, -0.2) is 35.6 Å². The van der Waals surface area contributed by atoms with E-state index in [1.54, 1.807) is 0 Å². The predicted octanol–water partition coefficient (Wildman–Crippen LogP) is 1.58. The molecular weight excluding hydrogens is 154 g/mol. The molecule has 0 bridgehead atoms. The van der Waals surface area contributed by atoms with Crippen LogP contribution in [0.4, 0.5) is 0 Å². The van der Waals surface area contributed by atoms with Gasteiger partial charge in [0.25, 0.3) is 0 Å². The minimum atomic E-state index is -0.707. The highest BCUT2D eigenvalue weighted by Crippen LogP contribution is 2.07. The highest BCUT2D eigenvalue weighted by atomic mass is 16.4. The molecule has 3 heteroatoms. The molecule has 1 saturated heterocycles. The quantitative estimate of drug-likeness (QED) is 0.689. The van der Waals surface area contributed by atoms with Gasteiger partial charge in [-0.15, -0.1) is 0 Å². The highest BCUT2D eigenvalue weighted by Gasteiger charge is 2.11. The minimum Gasteiger partial charge on any atom is -0.480 e. The summed E-state index contributed by atoms with van der Waals surface area (Å²) in [6.45, 7) is 6.15. The van der Waals surface area contributed by atoms with E-state index in [0.717, 1.165) is 25.9 Å². The molecule has 1 N–H and O–H groups in total. The third kappa shape index (κ3) is 5.13. The van der Waals surface area contributed by atoms with Crippen molar-refractivity contribution in [2.24, 2.45) is 0 Å². The number of nitrogens with zero attached hydrogens (tertiary/aromatic N) is 1. The van der Waals surface area contributed by atoms with Crippen LogP contribution in [0.5, 0.6) is 0 Å². The van der Waals surface area contributed by atoms with E-state index in [1.165, 1.54) is 6.42 Å². The number of carboxylic acid groups (broad SMARTS) is 1. The summed E-state index contributed by atoms with van der Waals surface area (Å²) in [5.74, 6) is -0.707. The lowest BCUT2D eigenvalue weighted by Crippen LogP contribution is -2.34. The molecule has 1 fully saturated rings. The molecule has 1 aliphatic rings. The lowest BCUT2D eigenvalue weighted by Gasteiger charge is -2.24. The van der Waals surface area contributed by atoms with Crippen LogP contribution >= 0.6 is 0 Å². The van der Waals surface area contributed by atoms with Crippen LogP contribution < -0.4 is 0 Å². The molecule has 0 aromatic carbocycles. The summed E-state index contributed by atoms with van der Waals surface area (Å²) in [7, 11) is 0. The second kappa shape index (κ2) is 7.10. The van der Waals surface area contributed by atoms with Crippen LogP contribution in [0.1, 0.15) is 33.1 Å². The largest absolute Gasteiger partial charge is 0.480 e. The smallest absolute Gasteiger partial charge is 0.317 e. The Bertz CT molecular complexity index is 120. The van der Waals surface area contributed by atoms with Gasteiger partial charge in [-0.2, -0.15) is 0 Å². The van der Waals surface area contributed by atoms with Crippen LogP contribution in [0.3, 0.4) is 0 Å². The molecule has 1 heterocycles. The third-order valence-electron chi connectivity index (χ3n) is 1.81. The van der Waals surface area contributed by atoms with Crippen molar-refractivity contribution in [2.75, 3.05) is 19.6 Å². The predicted molar refractivity (Wildman–Crippen MR) is 49.3 cm³/mol. The number of carbonyl (C=O) groups is 1. The van der Waals surface area contributed by atoms with Crippen molar-refractivity contribution in [2.45, 2.75) is 33.1 Å². The zero-order valence-corrected chi connectivity index (χ0v) is 8.05. The van der Waals surface area contributed by atoms with Crippen molar-refractivity contribution in [3.8, 4) is 0 Å². The molecule has 0 aromatic heterocycles. The van der Waals surface area contributed by atoms with Gasteiger partial charge in [0.2, 0.25) is 0 Å². The number of likely N-dealkylation sites (tertiary alicyclic amines) is 1. The van der Waals surface area contributed by atoms with Crippen LogP contribution in [0.2, 0.25) is 0 Å². The Morgan fingerprint density at radius 3 is 2.17 bits per heavy atom. The van der Waals surface area contributed by atoms with Crippen molar-refractivity contribution in [3.63, 3.8) is 0 Å². The standard InChI is InChI=1S/C7H13NO2.C2H6/c9-7(10)6-8-4-2-1-3-5-8;1-2/h1-6H2,(H,9,10);1-2H3. The van der Waals surface area contributed by atoms with E-state index in [4.69, 9.17) is 5.11 Å². The van der Waals surface area contributed by atoms with Crippen molar-refractivity contribution in [1.82, 2.24) is 4.90 Å². The van der Waals surface area contributed by atoms with Crippen LogP contribution in [0.15, 0.2) is 0 Å². The summed E-state index contributed by atoms with van der Waals surface area (Å²) >= 11 is 0. The minimum absolute atomic E-state index is 0.222. The molecule has 12 heavy (non-hydrogen) atoms. The molecule has 0 aromatic rings. The van der Waals surface area contributed by atoms with E-state index < -0.39 is 5.97 Å². The number of rotatable bonds is 2. The number of hydrogen-bond acceptors (Lipinski definition) is 2. The summed E-state index contributed by atoms with van der Waals surface area (Å²) in [5, 5.41) is 8.42. The van der Waals surface area contributed by atoms with Crippen LogP contribution in [-0.2, 0) is 4.79 Å². The molecule has 0 saturated carbocycles. The average Bonchev–Trinajstić information content (AvgIpc) is 2.08. The first-order valence-electron chi connectivity index (χ1n) is 4.73. The lowest BCUT2D eigenvalue weighted by molar-refractivity contribution is -0.138. The number of hydrogen-bond donors (Lipinski definition) is 1. The normalized spacial score (nSPS) is 17.8. The molecule has 0 amide bonds. The van der Waals surface area contributed by atoms with Gasteiger partial charge in [-0.25, -0.2) is 0 Å². The molecule has 1 rings (SSSR count). The van der Waals surface area contributed by atoms with Gasteiger partial charge in [0, 0.05) is 0 Å². The fourth-order valence-corrected chi connectivity index (χ4v) is 1.31. The van der Waals surface area contributed by atoms with E-state index in [2.05, 4.69) is 0 Å². The van der Waals surface area contributed by atoms with Crippen LogP contribution in [0, 0.1) is 0 Å². The van der Waals surface area contributed by atoms with E-state index in [0.29, 0.717) is 0 Å². The molecule has 0 atom stereocenters. The molecule has 3 nitrogen and oxygen atoms in total. The Kier molecular flexibility index (Phi) is 6.76. The van der Waals surface area contributed by atoms with Gasteiger partial charge in [-0.3, -0.25) is 9.69 Å². The zero-order valence-electron chi connectivity index (χ0n) is 8.05. The number of piperidine rings is 1. The average molecular weight is 173 g/mol. The first-order valence-corrected chi connectivity index (χ1v) is 4.73. The Morgan fingerprint density at radius 2 is 1.75 bits per heavy atom. The van der Waals surface area contributed by atoms with Gasteiger partial charge < -0.3 is 5.11 Å². The Hall–Kier alpha value is -0.570. The summed E-state index contributed by atoms with van der Waals surface area (Å²) in [6.07, 6.45) is 3.58. The number of carboxylic acids is 1. The summed E-state index contributed by atoms with van der Waals surface area (Å²) in [6, 6.07) is 0. The summed E-state index contributed by atoms with van der Waals surface area (Å²) < 4.78 is 0. The van der Waals surface area contributed by atoms with E-state index >= 15 is 0 Å². The topological polar surface area (TPSA) is 40.5 Å². The maximum Gasteiger partial charge on any atom is 0.317 e. The lowest BCUT2D eigenvalue weighted by atomic mass is 10.1. The van der Waals surface area contributed by atoms with E-state index in [9.17, 15) is 4.79 Å². The maximum absolute atomic E-state index is 10.2. The molecule has 1 aliphatic heterocycles. The SMILES string of the molecule is CC.O=C(O)CN1CCCCC1. The van der Waals surface area contributed by atoms with Gasteiger partial charge in [-0.1, -0.05) is 20.3 Å². The fraction of sp³-hybridized carbons (Fsp3) is 0.889. The maximum atomic E-state index is 10.2. The van der Waals surface area contributed by atoms with Gasteiger partial charge in [0.1, 0.15) is 0 Å². The molecule has 0 spiro atoms. The van der Waals surface area contributed by atoms with Crippen molar-refractivity contribution in [1.29, 1.82) is 0 Å². The Balaban J connectivity index is 0.000000561. The first kappa shape index (κ1) is 11.4. The zero-order chi connectivity index (χ0) is 9.40. The van der Waals surface area contributed by atoms with Gasteiger partial charge in [0.05, 0.1) is 6.54 Å².